The largest absolute Gasteiger partial charge is 0.545 e. The average molecular weight is 918 g/mol. The van der Waals surface area contributed by atoms with Gasteiger partial charge in [0.05, 0.1) is 40.3 Å². The first-order valence-corrected chi connectivity index (χ1v) is 27.1. The Balaban J connectivity index is 4.21. The highest BCUT2D eigenvalue weighted by atomic mass is 16.7. The van der Waals surface area contributed by atoms with E-state index in [0.29, 0.717) is 23.9 Å². The topological polar surface area (TPSA) is 111 Å². The number of nitrogens with zero attached hydrogens (tertiary/aromatic N) is 1. The van der Waals surface area contributed by atoms with Crippen LogP contribution in [0.2, 0.25) is 0 Å². The molecule has 9 heteroatoms. The lowest BCUT2D eigenvalue weighted by Crippen LogP contribution is -2.44. The molecule has 0 bridgehead atoms. The maximum absolute atomic E-state index is 12.8. The third-order valence-electron chi connectivity index (χ3n) is 11.9. The van der Waals surface area contributed by atoms with Gasteiger partial charge in [-0.2, -0.15) is 0 Å². The van der Waals surface area contributed by atoms with Crippen molar-refractivity contribution in [3.63, 3.8) is 0 Å². The molecule has 2 atom stereocenters. The summed E-state index contributed by atoms with van der Waals surface area (Å²) in [6, 6.07) is 0. The number of likely N-dealkylation sites (N-methyl/N-ethyl adjacent to an activating group) is 1. The van der Waals surface area contributed by atoms with Crippen molar-refractivity contribution in [2.75, 3.05) is 47.5 Å². The fourth-order valence-corrected chi connectivity index (χ4v) is 7.66. The molecule has 0 amide bonds. The molecule has 9 nitrogen and oxygen atoms in total. The van der Waals surface area contributed by atoms with Gasteiger partial charge in [-0.15, -0.1) is 0 Å². The minimum Gasteiger partial charge on any atom is -0.545 e. The van der Waals surface area contributed by atoms with Gasteiger partial charge in [-0.1, -0.05) is 217 Å². The number of carbonyl (C=O) groups is 3. The molecule has 0 radical (unpaired) electrons. The Kier molecular flexibility index (Phi) is 46.1. The number of quaternary nitrogens is 1. The van der Waals surface area contributed by atoms with Crippen molar-refractivity contribution in [3.05, 3.63) is 36.5 Å². The van der Waals surface area contributed by atoms with Gasteiger partial charge in [-0.3, -0.25) is 9.59 Å². The van der Waals surface area contributed by atoms with Gasteiger partial charge >= 0.3 is 11.9 Å². The van der Waals surface area contributed by atoms with Crippen molar-refractivity contribution in [2.45, 2.75) is 257 Å². The number of carboxylic acid groups (broad SMARTS) is 1. The van der Waals surface area contributed by atoms with Gasteiger partial charge in [0, 0.05) is 12.8 Å². The van der Waals surface area contributed by atoms with E-state index in [1.54, 1.807) is 0 Å². The first-order chi connectivity index (χ1) is 31.6. The molecule has 0 aliphatic carbocycles. The van der Waals surface area contributed by atoms with Crippen LogP contribution in [-0.2, 0) is 33.3 Å². The third kappa shape index (κ3) is 49.2. The number of allylic oxidation sites excluding steroid dienone is 6. The molecule has 0 aromatic carbocycles. The normalized spacial score (nSPS) is 13.1. The number of esters is 2. The molecule has 0 aliphatic rings. The van der Waals surface area contributed by atoms with E-state index in [4.69, 9.17) is 18.9 Å². The summed E-state index contributed by atoms with van der Waals surface area (Å²) >= 11 is 0. The van der Waals surface area contributed by atoms with E-state index in [1.807, 2.05) is 21.1 Å². The van der Waals surface area contributed by atoms with Crippen LogP contribution in [0, 0.1) is 0 Å². The number of unbranched alkanes of at least 4 members (excludes halogenated alkanes) is 29. The lowest BCUT2D eigenvalue weighted by molar-refractivity contribution is -0.870. The summed E-state index contributed by atoms with van der Waals surface area (Å²) in [5.74, 6) is -2.27. The molecular weight excluding hydrogens is 815 g/mol. The zero-order valence-electron chi connectivity index (χ0n) is 43.1. The van der Waals surface area contributed by atoms with Gasteiger partial charge in [0.15, 0.2) is 12.4 Å². The summed E-state index contributed by atoms with van der Waals surface area (Å²) in [6.45, 7) is 4.75. The van der Waals surface area contributed by atoms with Gasteiger partial charge < -0.3 is 33.3 Å². The molecule has 2 unspecified atom stereocenters. The summed E-state index contributed by atoms with van der Waals surface area (Å²) < 4.78 is 22.6. The molecule has 0 fully saturated rings. The predicted octanol–water partition coefficient (Wildman–Crippen LogP) is 14.0. The van der Waals surface area contributed by atoms with Crippen LogP contribution < -0.4 is 5.11 Å². The number of carboxylic acids is 1. The lowest BCUT2D eigenvalue weighted by atomic mass is 10.0. The zero-order valence-corrected chi connectivity index (χ0v) is 43.1. The Morgan fingerprint density at radius 1 is 0.462 bits per heavy atom. The van der Waals surface area contributed by atoms with Crippen molar-refractivity contribution in [2.24, 2.45) is 0 Å². The standard InChI is InChI=1S/C56H103NO8/c1-6-8-10-12-14-16-18-20-21-22-23-24-25-26-27-28-29-30-31-32-33-35-37-39-41-43-45-47-54(59)65-52(51-64-56(55(60)61)62-49-48-57(3,4)5)50-63-53(58)46-44-42-40-38-36-34-19-17-15-13-11-9-7-2/h18,20,22-23,25-26,52,56H,6-17,19,21,24,27-51H2,1-5H3/b20-18-,23-22-,26-25-. The molecule has 0 aromatic rings. The maximum Gasteiger partial charge on any atom is 0.306 e. The maximum atomic E-state index is 12.8. The molecule has 0 N–H and O–H groups in total. The Bertz CT molecular complexity index is 1160. The van der Waals surface area contributed by atoms with Crippen LogP contribution in [0.25, 0.3) is 0 Å². The molecule has 65 heavy (non-hydrogen) atoms. The molecule has 0 rings (SSSR count). The highest BCUT2D eigenvalue weighted by molar-refractivity contribution is 5.70. The van der Waals surface area contributed by atoms with Crippen molar-refractivity contribution < 1.29 is 42.9 Å². The monoisotopic (exact) mass is 918 g/mol. The first-order valence-electron chi connectivity index (χ1n) is 27.1. The van der Waals surface area contributed by atoms with Crippen molar-refractivity contribution in [1.29, 1.82) is 0 Å². The molecule has 0 aliphatic heterocycles. The van der Waals surface area contributed by atoms with Gasteiger partial charge in [-0.05, 0) is 51.4 Å². The van der Waals surface area contributed by atoms with Gasteiger partial charge in [0.25, 0.3) is 0 Å². The number of rotatable bonds is 50. The minimum absolute atomic E-state index is 0.149. The van der Waals surface area contributed by atoms with E-state index in [-0.39, 0.29) is 32.2 Å². The number of hydrogen-bond acceptors (Lipinski definition) is 8. The lowest BCUT2D eigenvalue weighted by Gasteiger charge is -2.26. The van der Waals surface area contributed by atoms with Gasteiger partial charge in [0.1, 0.15) is 13.2 Å². The molecule has 380 valence electrons. The van der Waals surface area contributed by atoms with Gasteiger partial charge in [0.2, 0.25) is 0 Å². The molecular formula is C56H103NO8. The Hall–Kier alpha value is -2.49. The highest BCUT2D eigenvalue weighted by Crippen LogP contribution is 2.16. The Labute approximate surface area is 400 Å². The van der Waals surface area contributed by atoms with E-state index < -0.39 is 24.3 Å². The summed E-state index contributed by atoms with van der Waals surface area (Å²) in [4.78, 5) is 37.1. The molecule has 0 aromatic heterocycles. The van der Waals surface area contributed by atoms with E-state index in [1.165, 1.54) is 161 Å². The van der Waals surface area contributed by atoms with E-state index in [0.717, 1.165) is 51.4 Å². The van der Waals surface area contributed by atoms with E-state index >= 15 is 0 Å². The third-order valence-corrected chi connectivity index (χ3v) is 11.9. The Morgan fingerprint density at radius 3 is 1.23 bits per heavy atom. The average Bonchev–Trinajstić information content (AvgIpc) is 3.27. The minimum atomic E-state index is -1.62. The van der Waals surface area contributed by atoms with Crippen LogP contribution in [0.1, 0.15) is 245 Å². The zero-order chi connectivity index (χ0) is 47.7. The summed E-state index contributed by atoms with van der Waals surface area (Å²) in [5.41, 5.74) is 0. The van der Waals surface area contributed by atoms with Crippen LogP contribution >= 0.6 is 0 Å². The van der Waals surface area contributed by atoms with E-state index in [9.17, 15) is 19.5 Å². The highest BCUT2D eigenvalue weighted by Gasteiger charge is 2.22. The smallest absolute Gasteiger partial charge is 0.306 e. The van der Waals surface area contributed by atoms with Crippen LogP contribution in [0.3, 0.4) is 0 Å². The number of hydrogen-bond donors (Lipinski definition) is 0. The molecule has 0 saturated heterocycles. The quantitative estimate of drug-likeness (QED) is 0.0195. The second-order valence-electron chi connectivity index (χ2n) is 19.5. The van der Waals surface area contributed by atoms with Crippen molar-refractivity contribution >= 4 is 17.9 Å². The van der Waals surface area contributed by atoms with Crippen LogP contribution in [0.15, 0.2) is 36.5 Å². The molecule has 0 spiro atoms. The summed E-state index contributed by atoms with van der Waals surface area (Å²) in [6.07, 6.45) is 53.3. The predicted molar refractivity (Wildman–Crippen MR) is 269 cm³/mol. The van der Waals surface area contributed by atoms with Gasteiger partial charge in [-0.25, -0.2) is 0 Å². The Morgan fingerprint density at radius 2 is 0.831 bits per heavy atom. The summed E-state index contributed by atoms with van der Waals surface area (Å²) in [7, 11) is 5.92. The fourth-order valence-electron chi connectivity index (χ4n) is 7.66. The van der Waals surface area contributed by atoms with E-state index in [2.05, 4.69) is 50.3 Å². The second kappa shape index (κ2) is 48.0. The molecule has 0 heterocycles. The molecule has 0 saturated carbocycles. The fraction of sp³-hybridized carbons (Fsp3) is 0.839. The van der Waals surface area contributed by atoms with Crippen molar-refractivity contribution in [1.82, 2.24) is 0 Å². The van der Waals surface area contributed by atoms with Crippen LogP contribution in [0.5, 0.6) is 0 Å². The number of ether oxygens (including phenoxy) is 4. The van der Waals surface area contributed by atoms with Crippen LogP contribution in [0.4, 0.5) is 0 Å². The van der Waals surface area contributed by atoms with Crippen molar-refractivity contribution in [3.8, 4) is 0 Å². The first kappa shape index (κ1) is 62.5. The summed E-state index contributed by atoms with van der Waals surface area (Å²) in [5, 5.41) is 11.7. The number of carbonyl (C=O) groups excluding carboxylic acids is 3. The second-order valence-corrected chi connectivity index (χ2v) is 19.5. The SMILES string of the molecule is CCCCCCC/C=C\C/C=C\C/C=C\CCCCCCCCCCCCCCC(=O)OC(COC(=O)CCCCCCCCCCCCCCC)COC(OCC[N+](C)(C)C)C(=O)[O-]. The van der Waals surface area contributed by atoms with Crippen LogP contribution in [-0.4, -0.2) is 82.3 Å². The number of aliphatic carboxylic acids is 1.